The highest BCUT2D eigenvalue weighted by Crippen LogP contribution is 2.38. The number of ether oxygens (including phenoxy) is 1. The van der Waals surface area contributed by atoms with Crippen molar-refractivity contribution in [2.75, 3.05) is 12.4 Å². The van der Waals surface area contributed by atoms with Crippen molar-refractivity contribution >= 4 is 28.7 Å². The first-order valence-electron chi connectivity index (χ1n) is 7.14. The van der Waals surface area contributed by atoms with Crippen LogP contribution in [-0.4, -0.2) is 22.9 Å². The van der Waals surface area contributed by atoms with Gasteiger partial charge in [0, 0.05) is 17.8 Å². The second kappa shape index (κ2) is 6.95. The highest BCUT2D eigenvalue weighted by Gasteiger charge is 2.29. The Labute approximate surface area is 142 Å². The monoisotopic (exact) mass is 345 g/mol. The first-order valence-corrected chi connectivity index (χ1v) is 7.14. The molecule has 0 bridgehead atoms. The number of nitro groups is 2. The zero-order valence-corrected chi connectivity index (χ0v) is 13.7. The number of nitro benzene ring substituents is 2. The van der Waals surface area contributed by atoms with E-state index in [2.05, 4.69) is 10.1 Å². The van der Waals surface area contributed by atoms with Crippen LogP contribution in [0.5, 0.6) is 0 Å². The summed E-state index contributed by atoms with van der Waals surface area (Å²) in [5.74, 6) is -0.899. The zero-order valence-electron chi connectivity index (χ0n) is 13.7. The van der Waals surface area contributed by atoms with E-state index < -0.39 is 27.2 Å². The van der Waals surface area contributed by atoms with Crippen LogP contribution in [0.2, 0.25) is 0 Å². The predicted octanol–water partition coefficient (Wildman–Crippen LogP) is 3.65. The Kier molecular flexibility index (Phi) is 4.97. The molecule has 0 amide bonds. The minimum Gasteiger partial charge on any atom is -0.465 e. The number of anilines is 2. The largest absolute Gasteiger partial charge is 0.465 e. The molecule has 25 heavy (non-hydrogen) atoms. The minimum absolute atomic E-state index is 0.272. The van der Waals surface area contributed by atoms with E-state index in [9.17, 15) is 25.0 Å². The summed E-state index contributed by atoms with van der Waals surface area (Å²) in [6, 6.07) is 7.06. The second-order valence-corrected chi connectivity index (χ2v) is 5.32. The Morgan fingerprint density at radius 1 is 1.00 bits per heavy atom. The Hall–Kier alpha value is -3.49. The van der Waals surface area contributed by atoms with Gasteiger partial charge in [-0.05, 0) is 37.1 Å². The van der Waals surface area contributed by atoms with E-state index in [0.29, 0.717) is 5.69 Å². The van der Waals surface area contributed by atoms with Gasteiger partial charge in [-0.15, -0.1) is 0 Å². The molecular weight excluding hydrogens is 330 g/mol. The maximum absolute atomic E-state index is 11.6. The van der Waals surface area contributed by atoms with Crippen LogP contribution in [-0.2, 0) is 4.74 Å². The summed E-state index contributed by atoms with van der Waals surface area (Å²) in [5, 5.41) is 25.4. The molecule has 0 aromatic heterocycles. The molecule has 0 aliphatic carbocycles. The van der Waals surface area contributed by atoms with Gasteiger partial charge in [0.2, 0.25) is 0 Å². The molecule has 0 saturated carbocycles. The molecule has 9 heteroatoms. The van der Waals surface area contributed by atoms with Gasteiger partial charge in [0.1, 0.15) is 0 Å². The molecule has 130 valence electrons. The molecule has 0 spiro atoms. The first kappa shape index (κ1) is 17.9. The molecule has 9 nitrogen and oxygen atoms in total. The summed E-state index contributed by atoms with van der Waals surface area (Å²) < 4.78 is 4.49. The van der Waals surface area contributed by atoms with Crippen molar-refractivity contribution < 1.29 is 19.4 Å². The van der Waals surface area contributed by atoms with Crippen molar-refractivity contribution in [1.82, 2.24) is 0 Å². The van der Waals surface area contributed by atoms with Crippen LogP contribution in [0.15, 0.2) is 30.3 Å². The lowest BCUT2D eigenvalue weighted by molar-refractivity contribution is -0.392. The summed E-state index contributed by atoms with van der Waals surface area (Å²) in [6.07, 6.45) is 0. The van der Waals surface area contributed by atoms with E-state index in [0.717, 1.165) is 30.4 Å². The van der Waals surface area contributed by atoms with Gasteiger partial charge in [-0.1, -0.05) is 6.07 Å². The van der Waals surface area contributed by atoms with Gasteiger partial charge in [0.25, 0.3) is 0 Å². The minimum atomic E-state index is -0.899. The number of benzene rings is 2. The number of hydrogen-bond donors (Lipinski definition) is 1. The molecule has 2 rings (SSSR count). The molecule has 1 N–H and O–H groups in total. The van der Waals surface area contributed by atoms with E-state index in [1.807, 2.05) is 13.8 Å². The molecule has 2 aromatic carbocycles. The Bertz CT molecular complexity index is 843. The number of aryl methyl sites for hydroxylation is 2. The molecule has 0 heterocycles. The van der Waals surface area contributed by atoms with Gasteiger partial charge < -0.3 is 10.1 Å². The molecule has 0 fully saturated rings. The van der Waals surface area contributed by atoms with Crippen molar-refractivity contribution in [2.24, 2.45) is 0 Å². The first-order chi connectivity index (χ1) is 11.7. The summed E-state index contributed by atoms with van der Waals surface area (Å²) in [6.45, 7) is 3.75. The van der Waals surface area contributed by atoms with Crippen LogP contribution in [0.25, 0.3) is 0 Å². The number of carbonyl (C=O) groups is 1. The quantitative estimate of drug-likeness (QED) is 0.498. The molecule has 0 aliphatic rings. The van der Waals surface area contributed by atoms with Crippen LogP contribution in [0.3, 0.4) is 0 Å². The van der Waals surface area contributed by atoms with Crippen molar-refractivity contribution in [3.05, 3.63) is 67.3 Å². The normalized spacial score (nSPS) is 10.2. The Morgan fingerprint density at radius 3 is 2.00 bits per heavy atom. The van der Waals surface area contributed by atoms with E-state index in [1.54, 1.807) is 18.2 Å². The second-order valence-electron chi connectivity index (χ2n) is 5.32. The average molecular weight is 345 g/mol. The fourth-order valence-electron chi connectivity index (χ4n) is 2.23. The van der Waals surface area contributed by atoms with Crippen molar-refractivity contribution in [3.63, 3.8) is 0 Å². The van der Waals surface area contributed by atoms with E-state index >= 15 is 0 Å². The number of nitrogens with zero attached hydrogens (tertiary/aromatic N) is 2. The summed E-state index contributed by atoms with van der Waals surface area (Å²) >= 11 is 0. The molecule has 0 atom stereocenters. The molecule has 2 aromatic rings. The lowest BCUT2D eigenvalue weighted by Crippen LogP contribution is -2.07. The fraction of sp³-hybridized carbons (Fsp3) is 0.188. The number of methoxy groups -OCH3 is 1. The number of esters is 1. The Balaban J connectivity index is 2.65. The standard InChI is InChI=1S/C16H15N3O6/c1-9-4-5-12(6-10(9)2)17-15-13(18(21)22)7-11(16(20)25-3)8-14(15)19(23)24/h4-8,17H,1-3H3. The van der Waals surface area contributed by atoms with Gasteiger partial charge >= 0.3 is 17.3 Å². The van der Waals surface area contributed by atoms with E-state index in [-0.39, 0.29) is 11.3 Å². The zero-order chi connectivity index (χ0) is 18.7. The average Bonchev–Trinajstić information content (AvgIpc) is 2.57. The van der Waals surface area contributed by atoms with E-state index in [4.69, 9.17) is 0 Å². The van der Waals surface area contributed by atoms with Crippen molar-refractivity contribution in [2.45, 2.75) is 13.8 Å². The SMILES string of the molecule is COC(=O)c1cc([N+](=O)[O-])c(Nc2ccc(C)c(C)c2)c([N+](=O)[O-])c1. The van der Waals surface area contributed by atoms with Crippen LogP contribution >= 0.6 is 0 Å². The van der Waals surface area contributed by atoms with Crippen LogP contribution in [0.4, 0.5) is 22.7 Å². The lowest BCUT2D eigenvalue weighted by atomic mass is 10.1. The van der Waals surface area contributed by atoms with Gasteiger partial charge in [0.05, 0.1) is 22.5 Å². The topological polar surface area (TPSA) is 125 Å². The predicted molar refractivity (Wildman–Crippen MR) is 90.3 cm³/mol. The lowest BCUT2D eigenvalue weighted by Gasteiger charge is -2.11. The van der Waals surface area contributed by atoms with Crippen LogP contribution < -0.4 is 5.32 Å². The fourth-order valence-corrected chi connectivity index (χ4v) is 2.23. The highest BCUT2D eigenvalue weighted by molar-refractivity contribution is 5.94. The van der Waals surface area contributed by atoms with E-state index in [1.165, 1.54) is 0 Å². The van der Waals surface area contributed by atoms with Crippen LogP contribution in [0.1, 0.15) is 21.5 Å². The van der Waals surface area contributed by atoms with Gasteiger partial charge in [-0.25, -0.2) is 4.79 Å². The maximum atomic E-state index is 11.6. The number of carbonyl (C=O) groups excluding carboxylic acids is 1. The molecule has 0 aliphatic heterocycles. The smallest absolute Gasteiger partial charge is 0.338 e. The summed E-state index contributed by atoms with van der Waals surface area (Å²) in [5.41, 5.74) is 0.635. The highest BCUT2D eigenvalue weighted by atomic mass is 16.6. The van der Waals surface area contributed by atoms with Gasteiger partial charge in [0.15, 0.2) is 5.69 Å². The number of nitrogens with one attached hydrogen (secondary N) is 1. The van der Waals surface area contributed by atoms with Crippen molar-refractivity contribution in [1.29, 1.82) is 0 Å². The third kappa shape index (κ3) is 3.71. The maximum Gasteiger partial charge on any atom is 0.338 e. The Morgan fingerprint density at radius 2 is 1.56 bits per heavy atom. The summed E-state index contributed by atoms with van der Waals surface area (Å²) in [7, 11) is 1.08. The molecular formula is C16H15N3O6. The third-order valence-corrected chi connectivity index (χ3v) is 3.69. The van der Waals surface area contributed by atoms with Gasteiger partial charge in [-0.3, -0.25) is 20.2 Å². The number of hydrogen-bond acceptors (Lipinski definition) is 7. The molecule has 0 saturated heterocycles. The summed E-state index contributed by atoms with van der Waals surface area (Å²) in [4.78, 5) is 32.8. The van der Waals surface area contributed by atoms with Crippen molar-refractivity contribution in [3.8, 4) is 0 Å². The molecule has 0 unspecified atom stereocenters. The van der Waals surface area contributed by atoms with Gasteiger partial charge in [-0.2, -0.15) is 0 Å². The third-order valence-electron chi connectivity index (χ3n) is 3.69. The molecule has 0 radical (unpaired) electrons. The van der Waals surface area contributed by atoms with Crippen LogP contribution in [0, 0.1) is 34.1 Å². The number of rotatable bonds is 5.